The van der Waals surface area contributed by atoms with Crippen molar-refractivity contribution in [2.75, 3.05) is 7.11 Å². The maximum Gasteiger partial charge on any atom is 0.229 e. The van der Waals surface area contributed by atoms with Crippen molar-refractivity contribution in [2.24, 2.45) is 11.7 Å². The molecule has 3 atom stereocenters. The molecule has 2 rings (SSSR count). The Labute approximate surface area is 102 Å². The van der Waals surface area contributed by atoms with E-state index in [2.05, 4.69) is 24.0 Å². The minimum absolute atomic E-state index is 0.0948. The van der Waals surface area contributed by atoms with Crippen molar-refractivity contribution in [3.63, 3.8) is 0 Å². The summed E-state index contributed by atoms with van der Waals surface area (Å²) >= 11 is 0. The van der Waals surface area contributed by atoms with E-state index in [4.69, 9.17) is 15.0 Å². The van der Waals surface area contributed by atoms with Gasteiger partial charge in [0, 0.05) is 19.1 Å². The van der Waals surface area contributed by atoms with E-state index in [-0.39, 0.29) is 12.1 Å². The van der Waals surface area contributed by atoms with Crippen LogP contribution in [0.15, 0.2) is 4.52 Å². The highest BCUT2D eigenvalue weighted by atomic mass is 16.5. The standard InChI is InChI=1S/C12H21N3O2/c1-7(2)10(16-3)11-14-12(17-15-11)8-4-5-9(13)6-8/h7-10H,4-6,13H2,1-3H3/t8-,9+,10?/m1/s1. The molecule has 2 N–H and O–H groups in total. The van der Waals surface area contributed by atoms with Crippen LogP contribution in [0.25, 0.3) is 0 Å². The first kappa shape index (κ1) is 12.5. The average molecular weight is 239 g/mol. The van der Waals surface area contributed by atoms with E-state index in [1.807, 2.05) is 0 Å². The van der Waals surface area contributed by atoms with Crippen LogP contribution in [0, 0.1) is 5.92 Å². The average Bonchev–Trinajstić information content (AvgIpc) is 2.87. The molecule has 5 nitrogen and oxygen atoms in total. The zero-order chi connectivity index (χ0) is 12.4. The van der Waals surface area contributed by atoms with Gasteiger partial charge < -0.3 is 15.0 Å². The first-order valence-corrected chi connectivity index (χ1v) is 6.23. The lowest BCUT2D eigenvalue weighted by atomic mass is 10.1. The Balaban J connectivity index is 2.10. The summed E-state index contributed by atoms with van der Waals surface area (Å²) in [5.41, 5.74) is 5.89. The van der Waals surface area contributed by atoms with E-state index < -0.39 is 0 Å². The van der Waals surface area contributed by atoms with Crippen LogP contribution in [-0.4, -0.2) is 23.3 Å². The van der Waals surface area contributed by atoms with E-state index in [9.17, 15) is 0 Å². The van der Waals surface area contributed by atoms with E-state index in [1.165, 1.54) is 0 Å². The van der Waals surface area contributed by atoms with Crippen molar-refractivity contribution in [2.45, 2.75) is 51.2 Å². The molecule has 1 aliphatic rings. The zero-order valence-electron chi connectivity index (χ0n) is 10.7. The fourth-order valence-electron chi connectivity index (χ4n) is 2.45. The van der Waals surface area contributed by atoms with Gasteiger partial charge in [0.15, 0.2) is 0 Å². The molecule has 0 saturated heterocycles. The van der Waals surface area contributed by atoms with Crippen LogP contribution in [0.1, 0.15) is 56.8 Å². The van der Waals surface area contributed by atoms with Crippen LogP contribution >= 0.6 is 0 Å². The summed E-state index contributed by atoms with van der Waals surface area (Å²) in [5, 5.41) is 4.03. The molecular weight excluding hydrogens is 218 g/mol. The molecule has 0 radical (unpaired) electrons. The number of nitrogens with zero attached hydrogens (tertiary/aromatic N) is 2. The van der Waals surface area contributed by atoms with Gasteiger partial charge in [-0.25, -0.2) is 0 Å². The van der Waals surface area contributed by atoms with Crippen LogP contribution in [0.5, 0.6) is 0 Å². The minimum Gasteiger partial charge on any atom is -0.373 e. The number of aromatic nitrogens is 2. The van der Waals surface area contributed by atoms with Crippen molar-refractivity contribution in [3.05, 3.63) is 11.7 Å². The fraction of sp³-hybridized carbons (Fsp3) is 0.833. The van der Waals surface area contributed by atoms with Crippen LogP contribution < -0.4 is 5.73 Å². The topological polar surface area (TPSA) is 74.2 Å². The summed E-state index contributed by atoms with van der Waals surface area (Å²) in [5.74, 6) is 2.03. The third-order valence-electron chi connectivity index (χ3n) is 3.39. The molecule has 1 aromatic rings. The molecule has 5 heteroatoms. The number of hydrogen-bond acceptors (Lipinski definition) is 5. The van der Waals surface area contributed by atoms with Gasteiger partial charge in [-0.05, 0) is 25.2 Å². The molecule has 0 aromatic carbocycles. The maximum absolute atomic E-state index is 5.89. The Bertz CT molecular complexity index is 364. The molecule has 17 heavy (non-hydrogen) atoms. The maximum atomic E-state index is 5.89. The van der Waals surface area contributed by atoms with Gasteiger partial charge in [0.1, 0.15) is 6.10 Å². The quantitative estimate of drug-likeness (QED) is 0.870. The van der Waals surface area contributed by atoms with E-state index in [0.29, 0.717) is 17.7 Å². The Morgan fingerprint density at radius 2 is 2.18 bits per heavy atom. The number of ether oxygens (including phenoxy) is 1. The number of hydrogen-bond donors (Lipinski definition) is 1. The van der Waals surface area contributed by atoms with Gasteiger partial charge >= 0.3 is 0 Å². The first-order valence-electron chi connectivity index (χ1n) is 6.23. The second-order valence-corrected chi connectivity index (χ2v) is 5.16. The first-order chi connectivity index (χ1) is 8.11. The van der Waals surface area contributed by atoms with Gasteiger partial charge in [0.2, 0.25) is 11.7 Å². The highest BCUT2D eigenvalue weighted by Gasteiger charge is 2.29. The van der Waals surface area contributed by atoms with Gasteiger partial charge in [-0.1, -0.05) is 19.0 Å². The molecule has 0 bridgehead atoms. The molecule has 0 spiro atoms. The Morgan fingerprint density at radius 3 is 2.71 bits per heavy atom. The Kier molecular flexibility index (Phi) is 3.79. The zero-order valence-corrected chi connectivity index (χ0v) is 10.7. The number of rotatable bonds is 4. The molecular formula is C12H21N3O2. The Hall–Kier alpha value is -0.940. The molecule has 0 amide bonds. The molecule has 1 fully saturated rings. The van der Waals surface area contributed by atoms with Gasteiger partial charge in [-0.15, -0.1) is 0 Å². The van der Waals surface area contributed by atoms with Crippen molar-refractivity contribution < 1.29 is 9.26 Å². The minimum atomic E-state index is -0.0948. The lowest BCUT2D eigenvalue weighted by Gasteiger charge is -2.14. The molecule has 0 aliphatic heterocycles. The summed E-state index contributed by atoms with van der Waals surface area (Å²) in [6.45, 7) is 4.16. The molecule has 1 saturated carbocycles. The van der Waals surface area contributed by atoms with Crippen LogP contribution in [0.4, 0.5) is 0 Å². The predicted molar refractivity (Wildman–Crippen MR) is 63.5 cm³/mol. The summed E-state index contributed by atoms with van der Waals surface area (Å²) in [4.78, 5) is 4.46. The summed E-state index contributed by atoms with van der Waals surface area (Å²) < 4.78 is 10.7. The smallest absolute Gasteiger partial charge is 0.229 e. The lowest BCUT2D eigenvalue weighted by Crippen LogP contribution is -2.14. The molecule has 1 aliphatic carbocycles. The van der Waals surface area contributed by atoms with E-state index >= 15 is 0 Å². The van der Waals surface area contributed by atoms with Crippen molar-refractivity contribution >= 4 is 0 Å². The number of methoxy groups -OCH3 is 1. The highest BCUT2D eigenvalue weighted by Crippen LogP contribution is 2.33. The second kappa shape index (κ2) is 5.14. The van der Waals surface area contributed by atoms with E-state index in [0.717, 1.165) is 25.2 Å². The second-order valence-electron chi connectivity index (χ2n) is 5.16. The number of nitrogens with two attached hydrogens (primary N) is 1. The predicted octanol–water partition coefficient (Wildman–Crippen LogP) is 2.01. The third kappa shape index (κ3) is 2.66. The van der Waals surface area contributed by atoms with Gasteiger partial charge in [0.05, 0.1) is 0 Å². The van der Waals surface area contributed by atoms with Gasteiger partial charge in [0.25, 0.3) is 0 Å². The molecule has 1 aromatic heterocycles. The summed E-state index contributed by atoms with van der Waals surface area (Å²) in [7, 11) is 1.67. The third-order valence-corrected chi connectivity index (χ3v) is 3.39. The largest absolute Gasteiger partial charge is 0.373 e. The normalized spacial score (nSPS) is 26.6. The van der Waals surface area contributed by atoms with Crippen molar-refractivity contribution in [1.82, 2.24) is 10.1 Å². The van der Waals surface area contributed by atoms with Gasteiger partial charge in [-0.3, -0.25) is 0 Å². The molecule has 1 heterocycles. The Morgan fingerprint density at radius 1 is 1.41 bits per heavy atom. The summed E-state index contributed by atoms with van der Waals surface area (Å²) in [6.07, 6.45) is 2.94. The highest BCUT2D eigenvalue weighted by molar-refractivity contribution is 5.01. The van der Waals surface area contributed by atoms with E-state index in [1.54, 1.807) is 7.11 Å². The molecule has 1 unspecified atom stereocenters. The SMILES string of the molecule is COC(c1noc([C@@H]2CC[C@H](N)C2)n1)C(C)C. The van der Waals surface area contributed by atoms with Gasteiger partial charge in [-0.2, -0.15) is 4.98 Å². The van der Waals surface area contributed by atoms with Crippen LogP contribution in [-0.2, 0) is 4.74 Å². The fourth-order valence-corrected chi connectivity index (χ4v) is 2.45. The lowest BCUT2D eigenvalue weighted by molar-refractivity contribution is 0.0555. The monoisotopic (exact) mass is 239 g/mol. The summed E-state index contributed by atoms with van der Waals surface area (Å²) in [6, 6.07) is 0.277. The van der Waals surface area contributed by atoms with Crippen molar-refractivity contribution in [1.29, 1.82) is 0 Å². The molecule has 96 valence electrons. The van der Waals surface area contributed by atoms with Crippen LogP contribution in [0.2, 0.25) is 0 Å². The van der Waals surface area contributed by atoms with Crippen molar-refractivity contribution in [3.8, 4) is 0 Å². The van der Waals surface area contributed by atoms with Crippen LogP contribution in [0.3, 0.4) is 0 Å².